The lowest BCUT2D eigenvalue weighted by Crippen LogP contribution is -2.61. The van der Waals surface area contributed by atoms with Crippen LogP contribution in [0, 0.1) is 0 Å². The van der Waals surface area contributed by atoms with Crippen LogP contribution in [0.25, 0.3) is 0 Å². The third kappa shape index (κ3) is 2.45. The zero-order chi connectivity index (χ0) is 17.8. The number of quaternary nitrogens is 1. The van der Waals surface area contributed by atoms with E-state index in [-0.39, 0.29) is 11.4 Å². The summed E-state index contributed by atoms with van der Waals surface area (Å²) in [5.74, 6) is -0.871. The Labute approximate surface area is 148 Å². The van der Waals surface area contributed by atoms with Crippen LogP contribution in [0.15, 0.2) is 36.0 Å². The molecule has 1 aromatic rings. The minimum absolute atomic E-state index is 0.130. The first-order chi connectivity index (χ1) is 11.9. The maximum Gasteiger partial charge on any atom is 0.258 e. The minimum Gasteiger partial charge on any atom is -0.365 e. The van der Waals surface area contributed by atoms with E-state index in [0.29, 0.717) is 28.2 Å². The molecule has 3 aliphatic heterocycles. The quantitative estimate of drug-likeness (QED) is 0.663. The van der Waals surface area contributed by atoms with Gasteiger partial charge >= 0.3 is 0 Å². The predicted molar refractivity (Wildman–Crippen MR) is 98.0 cm³/mol. The Morgan fingerprint density at radius 2 is 1.84 bits per heavy atom. The lowest BCUT2D eigenvalue weighted by atomic mass is 9.80. The van der Waals surface area contributed by atoms with Crippen LogP contribution in [0.3, 0.4) is 0 Å². The van der Waals surface area contributed by atoms with Gasteiger partial charge in [0, 0.05) is 31.0 Å². The maximum atomic E-state index is 12.7. The fourth-order valence-electron chi connectivity index (χ4n) is 5.13. The van der Waals surface area contributed by atoms with Gasteiger partial charge in [0.05, 0.1) is 12.6 Å². The fraction of sp³-hybridized carbons (Fsp3) is 0.500. The van der Waals surface area contributed by atoms with Crippen molar-refractivity contribution < 1.29 is 9.59 Å². The van der Waals surface area contributed by atoms with E-state index < -0.39 is 5.91 Å². The topological polar surface area (TPSA) is 63.4 Å². The minimum atomic E-state index is -0.628. The Hall–Kier alpha value is -1.98. The molecule has 3 unspecified atom stereocenters. The third-order valence-corrected chi connectivity index (χ3v) is 6.65. The summed E-state index contributed by atoms with van der Waals surface area (Å²) in [4.78, 5) is 27.1. The van der Waals surface area contributed by atoms with Crippen LogP contribution < -0.4 is 10.2 Å². The second-order valence-electron chi connectivity index (χ2n) is 7.93. The smallest absolute Gasteiger partial charge is 0.258 e. The molecule has 0 radical (unpaired) electrons. The van der Waals surface area contributed by atoms with Crippen molar-refractivity contribution in [2.45, 2.75) is 50.2 Å². The Kier molecular flexibility index (Phi) is 3.81. The third-order valence-electron chi connectivity index (χ3n) is 6.65. The van der Waals surface area contributed by atoms with Gasteiger partial charge in [-0.15, -0.1) is 0 Å². The van der Waals surface area contributed by atoms with E-state index in [4.69, 9.17) is 5.73 Å². The van der Waals surface area contributed by atoms with Crippen molar-refractivity contribution in [1.82, 2.24) is 9.38 Å². The molecule has 132 valence electrons. The molecule has 0 spiro atoms. The predicted octanol–water partition coefficient (Wildman–Crippen LogP) is 2.20. The molecule has 25 heavy (non-hydrogen) atoms. The first-order valence-corrected chi connectivity index (χ1v) is 9.16. The lowest BCUT2D eigenvalue weighted by Gasteiger charge is -2.51. The molecule has 2 bridgehead atoms. The molecule has 5 heteroatoms. The van der Waals surface area contributed by atoms with Crippen molar-refractivity contribution in [3.63, 3.8) is 0 Å². The van der Waals surface area contributed by atoms with Gasteiger partial charge in [-0.05, 0) is 26.0 Å². The monoisotopic (exact) mass is 340 g/mol. The molecule has 2 fully saturated rings. The van der Waals surface area contributed by atoms with Gasteiger partial charge in [-0.3, -0.25) is 19.0 Å². The molecule has 1 aromatic carbocycles. The summed E-state index contributed by atoms with van der Waals surface area (Å²) in [5, 5.41) is 0. The van der Waals surface area contributed by atoms with Crippen molar-refractivity contribution in [3.8, 4) is 0 Å². The van der Waals surface area contributed by atoms with E-state index in [1.807, 2.05) is 30.5 Å². The highest BCUT2D eigenvalue weighted by molar-refractivity contribution is 6.27. The average Bonchev–Trinajstić information content (AvgIpc) is 2.58. The van der Waals surface area contributed by atoms with Crippen LogP contribution >= 0.6 is 0 Å². The Bertz CT molecular complexity index is 758. The number of benzene rings is 1. The van der Waals surface area contributed by atoms with Gasteiger partial charge in [-0.1, -0.05) is 18.6 Å². The number of fused-ring (bicyclic) bond motifs is 3. The van der Waals surface area contributed by atoms with Crippen LogP contribution in [-0.2, 0) is 4.79 Å². The number of carbonyl (C=O) groups is 2. The van der Waals surface area contributed by atoms with Gasteiger partial charge in [0.1, 0.15) is 23.5 Å². The highest BCUT2D eigenvalue weighted by Gasteiger charge is 2.48. The summed E-state index contributed by atoms with van der Waals surface area (Å²) in [7, 11) is 4.36. The summed E-state index contributed by atoms with van der Waals surface area (Å²) in [5.41, 5.74) is 7.27. The second-order valence-corrected chi connectivity index (χ2v) is 7.93. The number of nitrogens with zero attached hydrogens (tertiary/aromatic N) is 2. The number of para-hydroxylation sites is 1. The van der Waals surface area contributed by atoms with Crippen molar-refractivity contribution >= 4 is 17.4 Å². The number of hydrogen-bond donors (Lipinski definition) is 1. The Morgan fingerprint density at radius 1 is 1.20 bits per heavy atom. The Balaban J connectivity index is 1.81. The molecule has 3 atom stereocenters. The van der Waals surface area contributed by atoms with Gasteiger partial charge in [-0.2, -0.15) is 0 Å². The zero-order valence-corrected chi connectivity index (χ0v) is 14.9. The summed E-state index contributed by atoms with van der Waals surface area (Å²) >= 11 is 0. The number of carbonyl (C=O) groups excluding carboxylic acids is 2. The summed E-state index contributed by atoms with van der Waals surface area (Å²) in [6.45, 7) is 0. The second kappa shape index (κ2) is 5.78. The summed E-state index contributed by atoms with van der Waals surface area (Å²) in [6, 6.07) is 9.20. The zero-order valence-electron chi connectivity index (χ0n) is 14.9. The van der Waals surface area contributed by atoms with Gasteiger partial charge in [0.15, 0.2) is 0 Å². The molecule has 1 amide bonds. The van der Waals surface area contributed by atoms with E-state index in [2.05, 4.69) is 19.0 Å². The first kappa shape index (κ1) is 16.5. The molecule has 0 saturated carbocycles. The molecule has 3 aliphatic rings. The average molecular weight is 340 g/mol. The van der Waals surface area contributed by atoms with Crippen molar-refractivity contribution in [2.24, 2.45) is 5.73 Å². The highest BCUT2D eigenvalue weighted by atomic mass is 16.2. The van der Waals surface area contributed by atoms with E-state index in [0.717, 1.165) is 18.5 Å². The molecule has 4 rings (SSSR count). The Morgan fingerprint density at radius 3 is 2.48 bits per heavy atom. The molecular weight excluding hydrogens is 314 g/mol. The number of ketones is 1. The van der Waals surface area contributed by atoms with E-state index >= 15 is 0 Å². The molecule has 2 saturated heterocycles. The summed E-state index contributed by atoms with van der Waals surface area (Å²) < 4.78 is 0.501. The van der Waals surface area contributed by atoms with Gasteiger partial charge in [-0.25, -0.2) is 0 Å². The standard InChI is InChI=1S/C20H25N3O2/c1-22-13-6-5-7-14(22)11-15(10-13)23(2)12-17(20(21)25)19(24)16-8-3-4-9-18(16)23/h3-4,8-9,12-15H,5-7,10-11H2,1-2H3,(H-,21,25)/p+1. The van der Waals surface area contributed by atoms with Crippen LogP contribution in [0.4, 0.5) is 5.69 Å². The number of piperidine rings is 2. The van der Waals surface area contributed by atoms with Crippen molar-refractivity contribution in [3.05, 3.63) is 41.6 Å². The molecule has 0 aromatic heterocycles. The van der Waals surface area contributed by atoms with Crippen LogP contribution in [-0.4, -0.2) is 48.8 Å². The van der Waals surface area contributed by atoms with Crippen molar-refractivity contribution in [2.75, 3.05) is 14.1 Å². The lowest BCUT2D eigenvalue weighted by molar-refractivity contribution is -0.114. The molecule has 2 N–H and O–H groups in total. The van der Waals surface area contributed by atoms with Gasteiger partial charge in [0.25, 0.3) is 5.91 Å². The molecule has 0 aliphatic carbocycles. The largest absolute Gasteiger partial charge is 0.365 e. The van der Waals surface area contributed by atoms with Crippen molar-refractivity contribution in [1.29, 1.82) is 0 Å². The van der Waals surface area contributed by atoms with Crippen LogP contribution in [0.5, 0.6) is 0 Å². The van der Waals surface area contributed by atoms with Crippen LogP contribution in [0.2, 0.25) is 0 Å². The molecule has 5 nitrogen and oxygen atoms in total. The number of amides is 1. The molecule has 3 heterocycles. The van der Waals surface area contributed by atoms with Gasteiger partial charge < -0.3 is 5.73 Å². The number of Topliss-reactive ketones (excluding diaryl/α,β-unsaturated/α-hetero) is 1. The summed E-state index contributed by atoms with van der Waals surface area (Å²) in [6.07, 6.45) is 7.74. The SMILES string of the molecule is CN1C2CCCC1CC([N+]1(C)C=C(C(N)=O)C(=O)c3ccccc31)C2. The van der Waals surface area contributed by atoms with E-state index in [1.54, 1.807) is 0 Å². The number of nitrogens with two attached hydrogens (primary N) is 1. The fourth-order valence-corrected chi connectivity index (χ4v) is 5.13. The van der Waals surface area contributed by atoms with Gasteiger partial charge in [0.2, 0.25) is 5.78 Å². The number of hydrogen-bond acceptors (Lipinski definition) is 3. The number of rotatable bonds is 2. The highest BCUT2D eigenvalue weighted by Crippen LogP contribution is 2.43. The van der Waals surface area contributed by atoms with Crippen LogP contribution in [0.1, 0.15) is 42.5 Å². The number of primary amides is 1. The normalized spacial score (nSPS) is 35.0. The van der Waals surface area contributed by atoms with E-state index in [1.165, 1.54) is 19.3 Å². The first-order valence-electron chi connectivity index (χ1n) is 9.16. The molecular formula is C20H26N3O2+. The maximum absolute atomic E-state index is 12.7. The van der Waals surface area contributed by atoms with E-state index in [9.17, 15) is 9.59 Å².